The molecule has 0 aromatic heterocycles. The first kappa shape index (κ1) is 12.3. The minimum atomic E-state index is -3.76. The fraction of sp³-hybridized carbons (Fsp3) is 0. The van der Waals surface area contributed by atoms with Crippen LogP contribution in [-0.4, -0.2) is 8.42 Å². The van der Waals surface area contributed by atoms with E-state index in [4.69, 9.17) is 10.9 Å². The van der Waals surface area contributed by atoms with E-state index in [9.17, 15) is 8.42 Å². The molecule has 7 heteroatoms. The van der Waals surface area contributed by atoms with Gasteiger partial charge in [0.05, 0.1) is 22.0 Å². The minimum Gasteiger partial charge on any atom is -0.397 e. The lowest BCUT2D eigenvalue weighted by Crippen LogP contribution is -2.14. The van der Waals surface area contributed by atoms with E-state index in [1.165, 1.54) is 23.9 Å². The SMILES string of the molecule is Nc1cc(S(N)(=O)=O)cc2c1Nc1ccccc1S2. The molecule has 5 nitrogen and oxygen atoms in total. The van der Waals surface area contributed by atoms with Gasteiger partial charge in [0.1, 0.15) is 0 Å². The van der Waals surface area contributed by atoms with Gasteiger partial charge >= 0.3 is 0 Å². The summed E-state index contributed by atoms with van der Waals surface area (Å²) in [4.78, 5) is 1.79. The van der Waals surface area contributed by atoms with Gasteiger partial charge in [-0.3, -0.25) is 0 Å². The van der Waals surface area contributed by atoms with Crippen LogP contribution in [0.25, 0.3) is 0 Å². The summed E-state index contributed by atoms with van der Waals surface area (Å²) in [6.07, 6.45) is 0. The molecule has 0 unspecified atom stereocenters. The lowest BCUT2D eigenvalue weighted by Gasteiger charge is -2.22. The lowest BCUT2D eigenvalue weighted by molar-refractivity contribution is 0.597. The fourth-order valence-electron chi connectivity index (χ4n) is 1.90. The number of sulfonamides is 1. The summed E-state index contributed by atoms with van der Waals surface area (Å²) in [5.41, 5.74) is 7.94. The maximum absolute atomic E-state index is 11.4. The van der Waals surface area contributed by atoms with E-state index in [1.54, 1.807) is 0 Å². The predicted octanol–water partition coefficient (Wildman–Crippen LogP) is 2.12. The number of anilines is 3. The molecule has 1 heterocycles. The largest absolute Gasteiger partial charge is 0.397 e. The van der Waals surface area contributed by atoms with Crippen LogP contribution in [0.4, 0.5) is 17.1 Å². The van der Waals surface area contributed by atoms with Crippen molar-refractivity contribution in [2.24, 2.45) is 5.14 Å². The average Bonchev–Trinajstić information content (AvgIpc) is 2.35. The summed E-state index contributed by atoms with van der Waals surface area (Å²) >= 11 is 1.46. The van der Waals surface area contributed by atoms with Crippen molar-refractivity contribution in [3.63, 3.8) is 0 Å². The highest BCUT2D eigenvalue weighted by atomic mass is 32.2. The zero-order chi connectivity index (χ0) is 13.6. The standard InChI is InChI=1S/C12H11N3O2S2/c13-8-5-7(19(14,16)17)6-11-12(8)15-9-3-1-2-4-10(9)18-11/h1-6,15H,13H2,(H2,14,16,17). The fourth-order valence-corrected chi connectivity index (χ4v) is 3.62. The minimum absolute atomic E-state index is 0.0254. The topological polar surface area (TPSA) is 98.2 Å². The van der Waals surface area contributed by atoms with Crippen molar-refractivity contribution in [1.29, 1.82) is 0 Å². The second-order valence-electron chi connectivity index (χ2n) is 4.15. The van der Waals surface area contributed by atoms with Crippen LogP contribution in [0.15, 0.2) is 51.1 Å². The Bertz CT molecular complexity index is 773. The molecule has 1 aliphatic heterocycles. The van der Waals surface area contributed by atoms with Crippen molar-refractivity contribution in [2.75, 3.05) is 11.1 Å². The molecule has 19 heavy (non-hydrogen) atoms. The van der Waals surface area contributed by atoms with Gasteiger partial charge in [-0.2, -0.15) is 0 Å². The summed E-state index contributed by atoms with van der Waals surface area (Å²) in [6, 6.07) is 10.6. The predicted molar refractivity (Wildman–Crippen MR) is 76.1 cm³/mol. The molecule has 98 valence electrons. The van der Waals surface area contributed by atoms with E-state index in [2.05, 4.69) is 5.32 Å². The number of nitrogen functional groups attached to an aromatic ring is 1. The Kier molecular flexibility index (Phi) is 2.70. The van der Waals surface area contributed by atoms with Crippen molar-refractivity contribution >= 4 is 38.8 Å². The number of nitrogens with one attached hydrogen (secondary N) is 1. The van der Waals surface area contributed by atoms with Crippen LogP contribution in [0, 0.1) is 0 Å². The van der Waals surface area contributed by atoms with Crippen molar-refractivity contribution in [2.45, 2.75) is 14.7 Å². The first-order valence-electron chi connectivity index (χ1n) is 5.45. The third-order valence-electron chi connectivity index (χ3n) is 2.80. The number of hydrogen-bond acceptors (Lipinski definition) is 5. The summed E-state index contributed by atoms with van der Waals surface area (Å²) in [5, 5.41) is 8.35. The van der Waals surface area contributed by atoms with Crippen LogP contribution in [0.3, 0.4) is 0 Å². The van der Waals surface area contributed by atoms with Gasteiger partial charge in [0, 0.05) is 9.79 Å². The Morgan fingerprint density at radius 3 is 2.58 bits per heavy atom. The summed E-state index contributed by atoms with van der Waals surface area (Å²) in [5.74, 6) is 0. The van der Waals surface area contributed by atoms with Gasteiger partial charge in [0.25, 0.3) is 0 Å². The number of hydrogen-bond donors (Lipinski definition) is 3. The zero-order valence-electron chi connectivity index (χ0n) is 9.75. The number of fused-ring (bicyclic) bond motifs is 2. The molecule has 0 bridgehead atoms. The highest BCUT2D eigenvalue weighted by Gasteiger charge is 2.20. The number of rotatable bonds is 1. The first-order valence-corrected chi connectivity index (χ1v) is 7.81. The normalized spacial score (nSPS) is 13.3. The Hall–Kier alpha value is -1.70. The smallest absolute Gasteiger partial charge is 0.238 e. The van der Waals surface area contributed by atoms with E-state index >= 15 is 0 Å². The molecule has 0 radical (unpaired) electrons. The van der Waals surface area contributed by atoms with Gasteiger partial charge in [-0.15, -0.1) is 0 Å². The van der Waals surface area contributed by atoms with E-state index in [0.29, 0.717) is 5.69 Å². The van der Waals surface area contributed by atoms with Gasteiger partial charge in [0.2, 0.25) is 10.0 Å². The third-order valence-corrected chi connectivity index (χ3v) is 4.81. The van der Waals surface area contributed by atoms with E-state index < -0.39 is 10.0 Å². The molecule has 0 saturated carbocycles. The molecule has 0 amide bonds. The molecular formula is C12H11N3O2S2. The summed E-state index contributed by atoms with van der Waals surface area (Å²) in [7, 11) is -3.76. The van der Waals surface area contributed by atoms with E-state index in [-0.39, 0.29) is 4.90 Å². The van der Waals surface area contributed by atoms with Crippen LogP contribution < -0.4 is 16.2 Å². The Morgan fingerprint density at radius 1 is 1.11 bits per heavy atom. The molecule has 0 saturated heterocycles. The highest BCUT2D eigenvalue weighted by Crippen LogP contribution is 2.47. The molecule has 0 fully saturated rings. The first-order chi connectivity index (χ1) is 8.95. The van der Waals surface area contributed by atoms with E-state index in [1.807, 2.05) is 24.3 Å². The Morgan fingerprint density at radius 2 is 1.84 bits per heavy atom. The van der Waals surface area contributed by atoms with Gasteiger partial charge in [-0.05, 0) is 24.3 Å². The number of para-hydroxylation sites is 1. The number of benzene rings is 2. The molecule has 0 aliphatic carbocycles. The van der Waals surface area contributed by atoms with Crippen LogP contribution in [-0.2, 0) is 10.0 Å². The summed E-state index contributed by atoms with van der Waals surface area (Å²) < 4.78 is 22.8. The second kappa shape index (κ2) is 4.16. The Balaban J connectivity index is 2.16. The molecular weight excluding hydrogens is 282 g/mol. The molecule has 0 spiro atoms. The average molecular weight is 293 g/mol. The third kappa shape index (κ3) is 2.16. The monoisotopic (exact) mass is 293 g/mol. The van der Waals surface area contributed by atoms with Gasteiger partial charge in [-0.25, -0.2) is 13.6 Å². The molecule has 0 atom stereocenters. The molecule has 2 aromatic carbocycles. The van der Waals surface area contributed by atoms with Crippen molar-refractivity contribution in [3.05, 3.63) is 36.4 Å². The van der Waals surface area contributed by atoms with Crippen molar-refractivity contribution < 1.29 is 8.42 Å². The number of primary sulfonamides is 1. The molecule has 3 rings (SSSR count). The lowest BCUT2D eigenvalue weighted by atomic mass is 10.2. The second-order valence-corrected chi connectivity index (χ2v) is 6.80. The Labute approximate surface area is 115 Å². The van der Waals surface area contributed by atoms with Gasteiger partial charge in [0.15, 0.2) is 0 Å². The molecule has 2 aromatic rings. The van der Waals surface area contributed by atoms with Crippen molar-refractivity contribution in [3.8, 4) is 0 Å². The van der Waals surface area contributed by atoms with Crippen LogP contribution >= 0.6 is 11.8 Å². The van der Waals surface area contributed by atoms with Gasteiger partial charge in [-0.1, -0.05) is 23.9 Å². The maximum Gasteiger partial charge on any atom is 0.238 e. The molecule has 1 aliphatic rings. The maximum atomic E-state index is 11.4. The van der Waals surface area contributed by atoms with Crippen LogP contribution in [0.1, 0.15) is 0 Å². The van der Waals surface area contributed by atoms with Crippen LogP contribution in [0.5, 0.6) is 0 Å². The van der Waals surface area contributed by atoms with Crippen molar-refractivity contribution in [1.82, 2.24) is 0 Å². The number of nitrogens with two attached hydrogens (primary N) is 2. The van der Waals surface area contributed by atoms with Gasteiger partial charge < -0.3 is 11.1 Å². The highest BCUT2D eigenvalue weighted by molar-refractivity contribution is 7.99. The van der Waals surface area contributed by atoms with Crippen LogP contribution in [0.2, 0.25) is 0 Å². The quantitative estimate of drug-likeness (QED) is 0.597. The zero-order valence-corrected chi connectivity index (χ0v) is 11.4. The van der Waals surface area contributed by atoms with E-state index in [0.717, 1.165) is 21.2 Å². The molecule has 5 N–H and O–H groups in total. The summed E-state index contributed by atoms with van der Waals surface area (Å²) in [6.45, 7) is 0.